The molecule has 2 aromatic heterocycles. The van der Waals surface area contributed by atoms with Gasteiger partial charge in [-0.05, 0) is 61.4 Å². The zero-order valence-corrected chi connectivity index (χ0v) is 24.7. The lowest BCUT2D eigenvalue weighted by molar-refractivity contribution is 0.0696. The van der Waals surface area contributed by atoms with E-state index in [9.17, 15) is 14.7 Å². The van der Waals surface area contributed by atoms with Gasteiger partial charge in [-0.1, -0.05) is 77.8 Å². The van der Waals surface area contributed by atoms with Crippen molar-refractivity contribution in [3.8, 4) is 22.5 Å². The number of hydrogen-bond acceptors (Lipinski definition) is 3. The monoisotopic (exact) mass is 608 g/mol. The number of amides is 1. The summed E-state index contributed by atoms with van der Waals surface area (Å²) in [5, 5.41) is 14.4. The van der Waals surface area contributed by atoms with Crippen LogP contribution < -0.4 is 5.32 Å². The molecule has 0 saturated carbocycles. The average molecular weight is 610 g/mol. The summed E-state index contributed by atoms with van der Waals surface area (Å²) in [5.74, 6) is -1.51. The van der Waals surface area contributed by atoms with Crippen molar-refractivity contribution in [1.82, 2.24) is 14.5 Å². The molecule has 1 atom stereocenters. The minimum absolute atomic E-state index is 0.0748. The van der Waals surface area contributed by atoms with E-state index in [1.165, 1.54) is 12.1 Å². The third kappa shape index (κ3) is 5.41. The molecule has 9 heteroatoms. The maximum absolute atomic E-state index is 14.1. The number of carboxylic acid groups (broad SMARTS) is 1. The Morgan fingerprint density at radius 1 is 0.930 bits per heavy atom. The largest absolute Gasteiger partial charge is 0.478 e. The molecule has 7 nitrogen and oxygen atoms in total. The summed E-state index contributed by atoms with van der Waals surface area (Å²) in [5.41, 5.74) is 6.16. The second-order valence-corrected chi connectivity index (χ2v) is 11.2. The van der Waals surface area contributed by atoms with Crippen molar-refractivity contribution in [2.75, 3.05) is 5.32 Å². The van der Waals surface area contributed by atoms with E-state index >= 15 is 0 Å². The van der Waals surface area contributed by atoms with E-state index in [1.54, 1.807) is 24.5 Å². The van der Waals surface area contributed by atoms with Crippen molar-refractivity contribution in [2.24, 2.45) is 0 Å². The maximum Gasteiger partial charge on any atom is 0.335 e. The first-order valence-corrected chi connectivity index (χ1v) is 14.3. The van der Waals surface area contributed by atoms with Crippen molar-refractivity contribution >= 4 is 51.7 Å². The van der Waals surface area contributed by atoms with Gasteiger partial charge in [0, 0.05) is 37.8 Å². The molecule has 0 spiro atoms. The van der Waals surface area contributed by atoms with Crippen LogP contribution in [0.4, 0.5) is 5.69 Å². The Hall–Kier alpha value is -4.85. The number of H-pyrrole nitrogens is 1. The van der Waals surface area contributed by atoms with E-state index in [2.05, 4.69) is 21.8 Å². The van der Waals surface area contributed by atoms with Crippen molar-refractivity contribution in [3.05, 3.63) is 130 Å². The molecule has 0 aliphatic heterocycles. The molecule has 0 bridgehead atoms. The summed E-state index contributed by atoms with van der Waals surface area (Å²) in [6, 6.07) is 27.4. The summed E-state index contributed by atoms with van der Waals surface area (Å²) in [6.45, 7) is 3.87. The van der Waals surface area contributed by atoms with Gasteiger partial charge in [-0.3, -0.25) is 4.79 Å². The highest BCUT2D eigenvalue weighted by Crippen LogP contribution is 2.41. The van der Waals surface area contributed by atoms with E-state index in [0.29, 0.717) is 38.2 Å². The maximum atomic E-state index is 14.1. The van der Waals surface area contributed by atoms with Gasteiger partial charge in [0.1, 0.15) is 5.69 Å². The van der Waals surface area contributed by atoms with Crippen molar-refractivity contribution < 1.29 is 14.7 Å². The van der Waals surface area contributed by atoms with Gasteiger partial charge in [-0.2, -0.15) is 0 Å². The van der Waals surface area contributed by atoms with Gasteiger partial charge in [0.2, 0.25) is 0 Å². The van der Waals surface area contributed by atoms with Crippen LogP contribution in [-0.4, -0.2) is 31.5 Å². The van der Waals surface area contributed by atoms with Crippen molar-refractivity contribution in [2.45, 2.75) is 19.9 Å². The number of carbonyl (C=O) groups excluding carboxylic acids is 1. The molecular formula is C34H26Cl2N4O3. The number of rotatable bonds is 7. The van der Waals surface area contributed by atoms with E-state index < -0.39 is 11.9 Å². The number of anilines is 1. The molecule has 0 radical (unpaired) electrons. The van der Waals surface area contributed by atoms with E-state index in [1.807, 2.05) is 67.6 Å². The molecule has 1 unspecified atom stereocenters. The molecule has 0 fully saturated rings. The van der Waals surface area contributed by atoms with Crippen LogP contribution in [0, 0.1) is 6.92 Å². The summed E-state index contributed by atoms with van der Waals surface area (Å²) in [4.78, 5) is 33.9. The first-order valence-electron chi connectivity index (χ1n) is 13.6. The van der Waals surface area contributed by atoms with Crippen LogP contribution in [0.1, 0.15) is 44.9 Å². The number of fused-ring (bicyclic) bond motifs is 1. The number of aromatic amines is 1. The van der Waals surface area contributed by atoms with Crippen LogP contribution in [0.3, 0.4) is 0 Å². The molecule has 43 heavy (non-hydrogen) atoms. The number of imidazole rings is 1. The number of aromatic nitrogens is 3. The number of nitrogens with one attached hydrogen (secondary N) is 2. The first-order chi connectivity index (χ1) is 20.7. The molecule has 6 rings (SSSR count). The Labute approximate surface area is 257 Å². The number of aromatic carboxylic acids is 1. The lowest BCUT2D eigenvalue weighted by Gasteiger charge is -2.19. The summed E-state index contributed by atoms with van der Waals surface area (Å²) in [6.07, 6.45) is 1.79. The minimum atomic E-state index is -1.08. The molecule has 4 aromatic carbocycles. The van der Waals surface area contributed by atoms with Crippen LogP contribution in [0.25, 0.3) is 33.4 Å². The van der Waals surface area contributed by atoms with Crippen molar-refractivity contribution in [3.63, 3.8) is 0 Å². The Morgan fingerprint density at radius 2 is 1.65 bits per heavy atom. The van der Waals surface area contributed by atoms with Crippen LogP contribution in [0.5, 0.6) is 0 Å². The zero-order valence-electron chi connectivity index (χ0n) is 23.2. The van der Waals surface area contributed by atoms with Crippen LogP contribution in [-0.2, 0) is 0 Å². The topological polar surface area (TPSA) is 100 Å². The molecule has 2 heterocycles. The van der Waals surface area contributed by atoms with Crippen molar-refractivity contribution in [1.29, 1.82) is 0 Å². The number of halogens is 2. The quantitative estimate of drug-likeness (QED) is 0.168. The Bertz CT molecular complexity index is 2000. The van der Waals surface area contributed by atoms with Gasteiger partial charge in [0.15, 0.2) is 0 Å². The predicted molar refractivity (Wildman–Crippen MR) is 171 cm³/mol. The zero-order chi connectivity index (χ0) is 30.2. The minimum Gasteiger partial charge on any atom is -0.478 e. The lowest BCUT2D eigenvalue weighted by atomic mass is 9.99. The lowest BCUT2D eigenvalue weighted by Crippen LogP contribution is -2.16. The van der Waals surface area contributed by atoms with E-state index in [-0.39, 0.29) is 11.6 Å². The number of hydrogen-bond donors (Lipinski definition) is 3. The molecule has 6 aromatic rings. The SMILES string of the molecule is Cc1ccc(C(=O)O)cc1NC(=O)c1[nH]c2cc(Cl)ccc2c1-c1c(-c2ccccc2)ncn1C(C)c1ccc(Cl)cc1. The highest BCUT2D eigenvalue weighted by molar-refractivity contribution is 6.31. The van der Waals surface area contributed by atoms with Crippen LogP contribution in [0.2, 0.25) is 10.0 Å². The highest BCUT2D eigenvalue weighted by atomic mass is 35.5. The highest BCUT2D eigenvalue weighted by Gasteiger charge is 2.28. The molecule has 1 amide bonds. The summed E-state index contributed by atoms with van der Waals surface area (Å²) >= 11 is 12.6. The van der Waals surface area contributed by atoms with Gasteiger partial charge >= 0.3 is 5.97 Å². The molecule has 0 saturated heterocycles. The molecule has 0 aliphatic carbocycles. The number of carboxylic acids is 1. The van der Waals surface area contributed by atoms with Gasteiger partial charge in [0.05, 0.1) is 29.3 Å². The predicted octanol–water partition coefficient (Wildman–Crippen LogP) is 8.87. The summed E-state index contributed by atoms with van der Waals surface area (Å²) < 4.78 is 2.05. The Morgan fingerprint density at radius 3 is 2.37 bits per heavy atom. The molecule has 3 N–H and O–H groups in total. The smallest absolute Gasteiger partial charge is 0.335 e. The Kier molecular flexibility index (Phi) is 7.52. The second kappa shape index (κ2) is 11.4. The Balaban J connectivity index is 1.58. The standard InChI is InChI=1S/C34H26Cl2N4O3/c1-19-8-9-23(34(42)43)16-27(19)39-33(41)31-29(26-15-14-25(36)17-28(26)38-31)32-30(22-6-4-3-5-7-22)37-18-40(32)20(2)21-10-12-24(35)13-11-21/h3-18,20,38H,1-2H3,(H,39,41)(H,42,43). The number of nitrogens with zero attached hydrogens (tertiary/aromatic N) is 2. The van der Waals surface area contributed by atoms with Gasteiger partial charge < -0.3 is 20.0 Å². The fourth-order valence-corrected chi connectivity index (χ4v) is 5.57. The van der Waals surface area contributed by atoms with Gasteiger partial charge in [-0.25, -0.2) is 9.78 Å². The number of aryl methyl sites for hydroxylation is 1. The van der Waals surface area contributed by atoms with Gasteiger partial charge in [0.25, 0.3) is 5.91 Å². The van der Waals surface area contributed by atoms with Crippen LogP contribution >= 0.6 is 23.2 Å². The van der Waals surface area contributed by atoms with E-state index in [0.717, 1.165) is 27.8 Å². The third-order valence-electron chi connectivity index (χ3n) is 7.57. The average Bonchev–Trinajstić information content (AvgIpc) is 3.60. The number of carbonyl (C=O) groups is 2. The van der Waals surface area contributed by atoms with Gasteiger partial charge in [-0.15, -0.1) is 0 Å². The molecule has 214 valence electrons. The first kappa shape index (κ1) is 28.3. The normalized spacial score (nSPS) is 11.9. The summed E-state index contributed by atoms with van der Waals surface area (Å²) in [7, 11) is 0. The van der Waals surface area contributed by atoms with Crippen LogP contribution in [0.15, 0.2) is 97.3 Å². The fraction of sp³-hybridized carbons (Fsp3) is 0.0882. The molecular weight excluding hydrogens is 583 g/mol. The number of benzene rings is 4. The third-order valence-corrected chi connectivity index (χ3v) is 8.05. The van der Waals surface area contributed by atoms with E-state index in [4.69, 9.17) is 28.2 Å². The molecule has 0 aliphatic rings. The second-order valence-electron chi connectivity index (χ2n) is 10.3. The fourth-order valence-electron chi connectivity index (χ4n) is 5.27.